The number of urea groups is 1. The topological polar surface area (TPSA) is 41.1 Å². The molecule has 0 saturated heterocycles. The van der Waals surface area contributed by atoms with Gasteiger partial charge in [0, 0.05) is 10.7 Å². The van der Waals surface area contributed by atoms with Gasteiger partial charge in [0.15, 0.2) is 0 Å². The Balaban J connectivity index is 1.97. The standard InChI is InChI=1S/C17H16BrClN2O/c1-11-9-12(2)16(15(19)10-11)21-17(22)20-8-7-13-3-5-14(18)6-4-13/h3-10H,1-2H3,(H2,20,21,22)/b8-7+. The molecule has 0 aliphatic rings. The van der Waals surface area contributed by atoms with Gasteiger partial charge in [-0.25, -0.2) is 4.79 Å². The molecule has 0 unspecified atom stereocenters. The van der Waals surface area contributed by atoms with E-state index in [1.807, 2.05) is 56.3 Å². The van der Waals surface area contributed by atoms with E-state index >= 15 is 0 Å². The van der Waals surface area contributed by atoms with Crippen LogP contribution in [0.1, 0.15) is 16.7 Å². The van der Waals surface area contributed by atoms with Gasteiger partial charge in [0.2, 0.25) is 0 Å². The Labute approximate surface area is 143 Å². The minimum atomic E-state index is -0.331. The summed E-state index contributed by atoms with van der Waals surface area (Å²) < 4.78 is 1.01. The third-order valence-electron chi connectivity index (χ3n) is 3.03. The van der Waals surface area contributed by atoms with Crippen molar-refractivity contribution in [2.75, 3.05) is 5.32 Å². The number of aryl methyl sites for hydroxylation is 2. The highest BCUT2D eigenvalue weighted by atomic mass is 79.9. The summed E-state index contributed by atoms with van der Waals surface area (Å²) in [7, 11) is 0. The van der Waals surface area contributed by atoms with Crippen molar-refractivity contribution in [2.45, 2.75) is 13.8 Å². The van der Waals surface area contributed by atoms with Crippen LogP contribution in [0.25, 0.3) is 6.08 Å². The summed E-state index contributed by atoms with van der Waals surface area (Å²) in [6.07, 6.45) is 3.41. The summed E-state index contributed by atoms with van der Waals surface area (Å²) in [5.74, 6) is 0. The van der Waals surface area contributed by atoms with Crippen LogP contribution in [0.4, 0.5) is 10.5 Å². The maximum atomic E-state index is 11.9. The first-order valence-corrected chi connectivity index (χ1v) is 7.89. The molecule has 2 rings (SSSR count). The summed E-state index contributed by atoms with van der Waals surface area (Å²) >= 11 is 9.53. The number of benzene rings is 2. The number of anilines is 1. The highest BCUT2D eigenvalue weighted by Gasteiger charge is 2.08. The Hall–Kier alpha value is -1.78. The summed E-state index contributed by atoms with van der Waals surface area (Å²) in [6.45, 7) is 3.87. The van der Waals surface area contributed by atoms with Crippen molar-refractivity contribution in [3.05, 3.63) is 68.8 Å². The molecule has 0 spiro atoms. The maximum Gasteiger partial charge on any atom is 0.323 e. The van der Waals surface area contributed by atoms with Crippen molar-refractivity contribution in [2.24, 2.45) is 0 Å². The Morgan fingerprint density at radius 2 is 1.86 bits per heavy atom. The van der Waals surface area contributed by atoms with Gasteiger partial charge in [0.25, 0.3) is 0 Å². The van der Waals surface area contributed by atoms with Crippen LogP contribution >= 0.6 is 27.5 Å². The van der Waals surface area contributed by atoms with Crippen molar-refractivity contribution in [3.63, 3.8) is 0 Å². The zero-order valence-electron chi connectivity index (χ0n) is 12.3. The van der Waals surface area contributed by atoms with E-state index in [4.69, 9.17) is 11.6 Å². The van der Waals surface area contributed by atoms with Crippen LogP contribution in [0, 0.1) is 13.8 Å². The van der Waals surface area contributed by atoms with E-state index in [1.54, 1.807) is 6.20 Å². The number of carbonyl (C=O) groups is 1. The van der Waals surface area contributed by atoms with Gasteiger partial charge in [0.1, 0.15) is 0 Å². The molecule has 0 aliphatic heterocycles. The number of nitrogens with one attached hydrogen (secondary N) is 2. The van der Waals surface area contributed by atoms with Crippen LogP contribution in [0.3, 0.4) is 0 Å². The second kappa shape index (κ2) is 7.47. The molecule has 0 fully saturated rings. The van der Waals surface area contributed by atoms with Gasteiger partial charge in [-0.15, -0.1) is 0 Å². The molecular weight excluding hydrogens is 364 g/mol. The fourth-order valence-electron chi connectivity index (χ4n) is 2.01. The zero-order chi connectivity index (χ0) is 16.1. The molecule has 0 radical (unpaired) electrons. The molecule has 0 heterocycles. The first-order valence-electron chi connectivity index (χ1n) is 6.72. The lowest BCUT2D eigenvalue weighted by atomic mass is 10.1. The van der Waals surface area contributed by atoms with E-state index in [-0.39, 0.29) is 6.03 Å². The van der Waals surface area contributed by atoms with Gasteiger partial charge in [-0.2, -0.15) is 0 Å². The van der Waals surface area contributed by atoms with Crippen LogP contribution in [-0.2, 0) is 0 Å². The lowest BCUT2D eigenvalue weighted by Crippen LogP contribution is -2.24. The van der Waals surface area contributed by atoms with Gasteiger partial charge in [-0.1, -0.05) is 45.7 Å². The molecule has 22 heavy (non-hydrogen) atoms. The predicted molar refractivity (Wildman–Crippen MR) is 96.3 cm³/mol. The number of amides is 2. The maximum absolute atomic E-state index is 11.9. The predicted octanol–water partition coefficient (Wildman–Crippen LogP) is 5.51. The van der Waals surface area contributed by atoms with E-state index < -0.39 is 0 Å². The number of carbonyl (C=O) groups excluding carboxylic acids is 1. The number of rotatable bonds is 3. The van der Waals surface area contributed by atoms with E-state index in [9.17, 15) is 4.79 Å². The zero-order valence-corrected chi connectivity index (χ0v) is 14.6. The molecule has 2 N–H and O–H groups in total. The highest BCUT2D eigenvalue weighted by molar-refractivity contribution is 9.10. The third kappa shape index (κ3) is 4.61. The van der Waals surface area contributed by atoms with E-state index in [0.717, 1.165) is 21.2 Å². The van der Waals surface area contributed by atoms with Crippen molar-refractivity contribution in [3.8, 4) is 0 Å². The fraction of sp³-hybridized carbons (Fsp3) is 0.118. The molecule has 0 bridgehead atoms. The lowest BCUT2D eigenvalue weighted by molar-refractivity contribution is 0.255. The van der Waals surface area contributed by atoms with Gasteiger partial charge in [0.05, 0.1) is 10.7 Å². The molecule has 2 aromatic rings. The third-order valence-corrected chi connectivity index (χ3v) is 3.86. The second-order valence-corrected chi connectivity index (χ2v) is 6.24. The monoisotopic (exact) mass is 378 g/mol. The van der Waals surface area contributed by atoms with Crippen molar-refractivity contribution in [1.82, 2.24) is 5.32 Å². The summed E-state index contributed by atoms with van der Waals surface area (Å²) in [5.41, 5.74) is 3.61. The molecule has 3 nitrogen and oxygen atoms in total. The molecule has 114 valence electrons. The van der Waals surface area contributed by atoms with Gasteiger partial charge < -0.3 is 10.6 Å². The average molecular weight is 380 g/mol. The van der Waals surface area contributed by atoms with Gasteiger partial charge in [-0.3, -0.25) is 0 Å². The molecule has 2 aromatic carbocycles. The largest absolute Gasteiger partial charge is 0.323 e. The van der Waals surface area contributed by atoms with Gasteiger partial charge >= 0.3 is 6.03 Å². The van der Waals surface area contributed by atoms with Gasteiger partial charge in [-0.05, 0) is 54.8 Å². The molecule has 5 heteroatoms. The Kier molecular flexibility index (Phi) is 5.63. The minimum absolute atomic E-state index is 0.331. The first kappa shape index (κ1) is 16.6. The summed E-state index contributed by atoms with van der Waals surface area (Å²) in [5, 5.41) is 5.95. The number of hydrogen-bond donors (Lipinski definition) is 2. The Morgan fingerprint density at radius 1 is 1.18 bits per heavy atom. The smallest absolute Gasteiger partial charge is 0.314 e. The Morgan fingerprint density at radius 3 is 2.50 bits per heavy atom. The normalized spacial score (nSPS) is 10.7. The summed E-state index contributed by atoms with van der Waals surface area (Å²) in [4.78, 5) is 11.9. The highest BCUT2D eigenvalue weighted by Crippen LogP contribution is 2.27. The van der Waals surface area contributed by atoms with Crippen LogP contribution in [-0.4, -0.2) is 6.03 Å². The fourth-order valence-corrected chi connectivity index (χ4v) is 2.64. The number of hydrogen-bond acceptors (Lipinski definition) is 1. The second-order valence-electron chi connectivity index (χ2n) is 4.92. The average Bonchev–Trinajstić information content (AvgIpc) is 2.45. The SMILES string of the molecule is Cc1cc(C)c(NC(=O)N/C=C/c2ccc(Br)cc2)c(Cl)c1. The van der Waals surface area contributed by atoms with Crippen LogP contribution in [0.2, 0.25) is 5.02 Å². The van der Waals surface area contributed by atoms with Crippen molar-refractivity contribution in [1.29, 1.82) is 0 Å². The quantitative estimate of drug-likeness (QED) is 0.725. The molecule has 0 saturated carbocycles. The lowest BCUT2D eigenvalue weighted by Gasteiger charge is -2.11. The van der Waals surface area contributed by atoms with E-state index in [1.165, 1.54) is 0 Å². The molecule has 2 amide bonds. The molecule has 0 atom stereocenters. The van der Waals surface area contributed by atoms with Crippen molar-refractivity contribution >= 4 is 45.3 Å². The molecule has 0 aliphatic carbocycles. The number of halogens is 2. The van der Waals surface area contributed by atoms with E-state index in [0.29, 0.717) is 10.7 Å². The Bertz CT molecular complexity index is 688. The molecule has 0 aromatic heterocycles. The van der Waals surface area contributed by atoms with Crippen LogP contribution in [0.15, 0.2) is 47.1 Å². The molecular formula is C17H16BrClN2O. The summed E-state index contributed by atoms with van der Waals surface area (Å²) in [6, 6.07) is 11.2. The first-order chi connectivity index (χ1) is 10.5. The van der Waals surface area contributed by atoms with Crippen LogP contribution in [0.5, 0.6) is 0 Å². The van der Waals surface area contributed by atoms with Crippen molar-refractivity contribution < 1.29 is 4.79 Å². The minimum Gasteiger partial charge on any atom is -0.314 e. The van der Waals surface area contributed by atoms with E-state index in [2.05, 4.69) is 26.6 Å². The van der Waals surface area contributed by atoms with Crippen LogP contribution < -0.4 is 10.6 Å².